The van der Waals surface area contributed by atoms with E-state index >= 15 is 0 Å². The molecule has 0 spiro atoms. The molecule has 2 aromatic carbocycles. The van der Waals surface area contributed by atoms with Gasteiger partial charge in [-0.25, -0.2) is 4.39 Å². The first-order valence-electron chi connectivity index (χ1n) is 6.83. The van der Waals surface area contributed by atoms with Crippen molar-refractivity contribution < 1.29 is 13.9 Å². The fraction of sp³-hybridized carbons (Fsp3) is 0.235. The maximum absolute atomic E-state index is 13.0. The van der Waals surface area contributed by atoms with Gasteiger partial charge >= 0.3 is 0 Å². The third-order valence-corrected chi connectivity index (χ3v) is 3.69. The van der Waals surface area contributed by atoms with E-state index in [1.807, 2.05) is 32.0 Å². The molecule has 0 aliphatic rings. The van der Waals surface area contributed by atoms with E-state index in [2.05, 4.69) is 5.32 Å². The molecule has 1 unspecified atom stereocenters. The molecule has 5 heteroatoms. The van der Waals surface area contributed by atoms with Gasteiger partial charge in [-0.05, 0) is 38.1 Å². The van der Waals surface area contributed by atoms with Crippen LogP contribution in [0.5, 0.6) is 5.75 Å². The molecule has 0 heterocycles. The summed E-state index contributed by atoms with van der Waals surface area (Å²) in [6.45, 7) is 3.82. The van der Waals surface area contributed by atoms with Crippen molar-refractivity contribution >= 4 is 17.5 Å². The van der Waals surface area contributed by atoms with Crippen LogP contribution in [0.1, 0.15) is 34.5 Å². The molecular formula is C17H17ClFNO2. The highest BCUT2D eigenvalue weighted by atomic mass is 35.5. The summed E-state index contributed by atoms with van der Waals surface area (Å²) >= 11 is 5.91. The second-order valence-electron chi connectivity index (χ2n) is 5.06. The smallest absolute Gasteiger partial charge is 0.253 e. The number of rotatable bonds is 4. The summed E-state index contributed by atoms with van der Waals surface area (Å²) < 4.78 is 18.4. The van der Waals surface area contributed by atoms with Crippen LogP contribution in [0.2, 0.25) is 5.02 Å². The number of nitrogens with one attached hydrogen (secondary N) is 1. The molecule has 22 heavy (non-hydrogen) atoms. The number of ether oxygens (including phenoxy) is 1. The highest BCUT2D eigenvalue weighted by Gasteiger charge is 2.17. The summed E-state index contributed by atoms with van der Waals surface area (Å²) in [4.78, 5) is 12.3. The molecule has 2 aromatic rings. The maximum Gasteiger partial charge on any atom is 0.253 e. The third-order valence-electron chi connectivity index (χ3n) is 3.38. The minimum atomic E-state index is -0.477. The third kappa shape index (κ3) is 3.57. The predicted octanol–water partition coefficient (Wildman–Crippen LogP) is 4.29. The van der Waals surface area contributed by atoms with Gasteiger partial charge in [-0.1, -0.05) is 29.3 Å². The zero-order valence-electron chi connectivity index (χ0n) is 12.6. The van der Waals surface area contributed by atoms with Crippen molar-refractivity contribution in [3.8, 4) is 5.75 Å². The van der Waals surface area contributed by atoms with Crippen molar-refractivity contribution in [3.05, 3.63) is 63.9 Å². The lowest BCUT2D eigenvalue weighted by atomic mass is 10.0. The summed E-state index contributed by atoms with van der Waals surface area (Å²) in [6.07, 6.45) is 0. The van der Waals surface area contributed by atoms with E-state index in [0.717, 1.165) is 17.2 Å². The van der Waals surface area contributed by atoms with Gasteiger partial charge in [0.05, 0.1) is 23.7 Å². The van der Waals surface area contributed by atoms with Crippen LogP contribution in [-0.4, -0.2) is 13.0 Å². The summed E-state index contributed by atoms with van der Waals surface area (Å²) in [5, 5.41) is 2.93. The van der Waals surface area contributed by atoms with Crippen molar-refractivity contribution in [3.63, 3.8) is 0 Å². The molecule has 0 bridgehead atoms. The minimum Gasteiger partial charge on any atom is -0.496 e. The van der Waals surface area contributed by atoms with Crippen LogP contribution >= 0.6 is 11.6 Å². The second-order valence-corrected chi connectivity index (χ2v) is 5.47. The maximum atomic E-state index is 13.0. The van der Waals surface area contributed by atoms with E-state index in [9.17, 15) is 9.18 Å². The van der Waals surface area contributed by atoms with Gasteiger partial charge in [0.2, 0.25) is 0 Å². The van der Waals surface area contributed by atoms with Crippen LogP contribution in [-0.2, 0) is 0 Å². The molecule has 0 aliphatic carbocycles. The van der Waals surface area contributed by atoms with Gasteiger partial charge in [0.1, 0.15) is 11.6 Å². The number of halogens is 2. The van der Waals surface area contributed by atoms with Crippen molar-refractivity contribution in [1.82, 2.24) is 5.32 Å². The Hall–Kier alpha value is -2.07. The molecule has 1 atom stereocenters. The first-order chi connectivity index (χ1) is 10.4. The first kappa shape index (κ1) is 16.3. The normalized spacial score (nSPS) is 11.9. The minimum absolute atomic E-state index is 0.0842. The Bertz CT molecular complexity index is 703. The summed E-state index contributed by atoms with van der Waals surface area (Å²) in [6, 6.07) is 9.17. The van der Waals surface area contributed by atoms with Crippen molar-refractivity contribution in [2.24, 2.45) is 0 Å². The zero-order valence-corrected chi connectivity index (χ0v) is 13.4. The Kier molecular flexibility index (Phi) is 5.03. The number of hydrogen-bond acceptors (Lipinski definition) is 2. The lowest BCUT2D eigenvalue weighted by molar-refractivity contribution is 0.0939. The lowest BCUT2D eigenvalue weighted by Crippen LogP contribution is -2.27. The average Bonchev–Trinajstić information content (AvgIpc) is 2.46. The van der Waals surface area contributed by atoms with E-state index < -0.39 is 5.82 Å². The van der Waals surface area contributed by atoms with E-state index in [0.29, 0.717) is 5.75 Å². The van der Waals surface area contributed by atoms with Crippen LogP contribution in [0, 0.1) is 12.7 Å². The van der Waals surface area contributed by atoms with Gasteiger partial charge in [-0.3, -0.25) is 4.79 Å². The number of aryl methyl sites for hydroxylation is 1. The van der Waals surface area contributed by atoms with Gasteiger partial charge in [-0.2, -0.15) is 0 Å². The molecule has 1 amide bonds. The van der Waals surface area contributed by atoms with Crippen molar-refractivity contribution in [1.29, 1.82) is 0 Å². The Balaban J connectivity index is 2.23. The molecular weight excluding hydrogens is 305 g/mol. The van der Waals surface area contributed by atoms with Crippen LogP contribution < -0.4 is 10.1 Å². The molecule has 0 fully saturated rings. The van der Waals surface area contributed by atoms with Gasteiger partial charge in [-0.15, -0.1) is 0 Å². The fourth-order valence-corrected chi connectivity index (χ4v) is 2.47. The Morgan fingerprint density at radius 2 is 2.00 bits per heavy atom. The predicted molar refractivity (Wildman–Crippen MR) is 85.0 cm³/mol. The summed E-state index contributed by atoms with van der Waals surface area (Å²) in [5.74, 6) is -0.139. The lowest BCUT2D eigenvalue weighted by Gasteiger charge is -2.18. The Morgan fingerprint density at radius 3 is 2.64 bits per heavy atom. The highest BCUT2D eigenvalue weighted by Crippen LogP contribution is 2.27. The quantitative estimate of drug-likeness (QED) is 0.912. The fourth-order valence-electron chi connectivity index (χ4n) is 2.22. The SMILES string of the molecule is COc1ccc(C)cc1C(C)NC(=O)c1ccc(F)cc1Cl. The van der Waals surface area contributed by atoms with E-state index in [4.69, 9.17) is 16.3 Å². The van der Waals surface area contributed by atoms with Crippen LogP contribution in [0.15, 0.2) is 36.4 Å². The zero-order chi connectivity index (χ0) is 16.3. The van der Waals surface area contributed by atoms with Crippen molar-refractivity contribution in [2.45, 2.75) is 19.9 Å². The van der Waals surface area contributed by atoms with Gasteiger partial charge in [0.25, 0.3) is 5.91 Å². The van der Waals surface area contributed by atoms with E-state index in [1.54, 1.807) is 7.11 Å². The van der Waals surface area contributed by atoms with Gasteiger partial charge < -0.3 is 10.1 Å². The van der Waals surface area contributed by atoms with E-state index in [1.165, 1.54) is 12.1 Å². The Labute approximate surface area is 134 Å². The summed E-state index contributed by atoms with van der Waals surface area (Å²) in [7, 11) is 1.58. The number of carbonyl (C=O) groups excluding carboxylic acids is 1. The number of benzene rings is 2. The first-order valence-corrected chi connectivity index (χ1v) is 7.20. The molecule has 0 radical (unpaired) electrons. The summed E-state index contributed by atoms with van der Waals surface area (Å²) in [5.41, 5.74) is 2.17. The monoisotopic (exact) mass is 321 g/mol. The molecule has 116 valence electrons. The number of carbonyl (C=O) groups is 1. The molecule has 1 N–H and O–H groups in total. The standard InChI is InChI=1S/C17H17ClFNO2/c1-10-4-7-16(22-3)14(8-10)11(2)20-17(21)13-6-5-12(19)9-15(13)18/h4-9,11H,1-3H3,(H,20,21). The molecule has 0 aliphatic heterocycles. The second kappa shape index (κ2) is 6.79. The number of methoxy groups -OCH3 is 1. The molecule has 0 saturated heterocycles. The van der Waals surface area contributed by atoms with Gasteiger partial charge in [0.15, 0.2) is 0 Å². The largest absolute Gasteiger partial charge is 0.496 e. The number of amides is 1. The van der Waals surface area contributed by atoms with E-state index in [-0.39, 0.29) is 22.5 Å². The van der Waals surface area contributed by atoms with Crippen LogP contribution in [0.4, 0.5) is 4.39 Å². The van der Waals surface area contributed by atoms with Crippen LogP contribution in [0.3, 0.4) is 0 Å². The topological polar surface area (TPSA) is 38.3 Å². The Morgan fingerprint density at radius 1 is 1.27 bits per heavy atom. The molecule has 0 aromatic heterocycles. The van der Waals surface area contributed by atoms with Crippen molar-refractivity contribution in [2.75, 3.05) is 7.11 Å². The highest BCUT2D eigenvalue weighted by molar-refractivity contribution is 6.33. The van der Waals surface area contributed by atoms with Gasteiger partial charge in [0, 0.05) is 5.56 Å². The van der Waals surface area contributed by atoms with Crippen LogP contribution in [0.25, 0.3) is 0 Å². The molecule has 0 saturated carbocycles. The number of hydrogen-bond donors (Lipinski definition) is 1. The molecule has 3 nitrogen and oxygen atoms in total. The average molecular weight is 322 g/mol. The molecule has 2 rings (SSSR count).